The molecule has 0 atom stereocenters. The lowest BCUT2D eigenvalue weighted by Crippen LogP contribution is -2.41. The minimum absolute atomic E-state index is 0.0542. The van der Waals surface area contributed by atoms with Crippen LogP contribution in [0.3, 0.4) is 0 Å². The molecular formula is C17H17ClN2O2S. The Morgan fingerprint density at radius 1 is 1.26 bits per heavy atom. The van der Waals surface area contributed by atoms with Gasteiger partial charge in [-0.3, -0.25) is 9.59 Å². The van der Waals surface area contributed by atoms with Crippen LogP contribution in [-0.2, 0) is 9.59 Å². The zero-order valence-electron chi connectivity index (χ0n) is 12.5. The number of nitrogens with two attached hydrogens (primary N) is 1. The number of fused-ring (bicyclic) bond motifs is 1. The Hall–Kier alpha value is -1.85. The van der Waals surface area contributed by atoms with Gasteiger partial charge in [0.15, 0.2) is 0 Å². The van der Waals surface area contributed by atoms with E-state index in [9.17, 15) is 9.59 Å². The van der Waals surface area contributed by atoms with Crippen LogP contribution in [0.15, 0.2) is 30.3 Å². The highest BCUT2D eigenvalue weighted by Crippen LogP contribution is 2.35. The summed E-state index contributed by atoms with van der Waals surface area (Å²) in [6.07, 6.45) is 4.60. The van der Waals surface area contributed by atoms with Crippen molar-refractivity contribution in [3.05, 3.63) is 40.2 Å². The Morgan fingerprint density at radius 2 is 1.96 bits per heavy atom. The third-order valence-electron chi connectivity index (χ3n) is 4.15. The van der Waals surface area contributed by atoms with E-state index in [-0.39, 0.29) is 17.7 Å². The molecule has 1 aromatic carbocycles. The molecule has 0 spiro atoms. The zero-order chi connectivity index (χ0) is 16.4. The fourth-order valence-corrected chi connectivity index (χ4v) is 4.18. The van der Waals surface area contributed by atoms with Gasteiger partial charge in [-0.1, -0.05) is 29.8 Å². The first-order valence-electron chi connectivity index (χ1n) is 7.49. The summed E-state index contributed by atoms with van der Waals surface area (Å²) < 4.78 is 1.10. The quantitative estimate of drug-likeness (QED) is 0.865. The van der Waals surface area contributed by atoms with Gasteiger partial charge >= 0.3 is 0 Å². The van der Waals surface area contributed by atoms with Crippen molar-refractivity contribution in [1.82, 2.24) is 4.90 Å². The molecule has 23 heavy (non-hydrogen) atoms. The number of carbonyl (C=O) groups is 2. The lowest BCUT2D eigenvalue weighted by Gasteiger charge is -2.29. The average molecular weight is 349 g/mol. The maximum Gasteiger partial charge on any atom is 0.246 e. The minimum atomic E-state index is -0.273. The number of halogens is 1. The number of amides is 2. The third kappa shape index (κ3) is 3.41. The Balaban J connectivity index is 1.68. The first kappa shape index (κ1) is 16.0. The lowest BCUT2D eigenvalue weighted by atomic mass is 9.96. The van der Waals surface area contributed by atoms with Gasteiger partial charge in [-0.15, -0.1) is 11.3 Å². The van der Waals surface area contributed by atoms with E-state index in [0.29, 0.717) is 31.0 Å². The number of carbonyl (C=O) groups excluding carboxylic acids is 2. The van der Waals surface area contributed by atoms with Crippen LogP contribution < -0.4 is 5.73 Å². The number of nitrogens with zero attached hydrogens (tertiary/aromatic N) is 1. The average Bonchev–Trinajstić information content (AvgIpc) is 2.89. The summed E-state index contributed by atoms with van der Waals surface area (Å²) in [6.45, 7) is 1.13. The summed E-state index contributed by atoms with van der Waals surface area (Å²) >= 11 is 7.93. The van der Waals surface area contributed by atoms with Crippen LogP contribution >= 0.6 is 22.9 Å². The number of likely N-dealkylation sites (tertiary alicyclic amines) is 1. The number of primary amides is 1. The van der Waals surface area contributed by atoms with E-state index in [1.807, 2.05) is 24.3 Å². The van der Waals surface area contributed by atoms with E-state index in [4.69, 9.17) is 17.3 Å². The zero-order valence-corrected chi connectivity index (χ0v) is 14.1. The molecule has 120 valence electrons. The molecule has 2 heterocycles. The second-order valence-electron chi connectivity index (χ2n) is 5.61. The van der Waals surface area contributed by atoms with E-state index in [1.54, 1.807) is 28.4 Å². The van der Waals surface area contributed by atoms with Crippen molar-refractivity contribution in [1.29, 1.82) is 0 Å². The monoisotopic (exact) mass is 348 g/mol. The smallest absolute Gasteiger partial charge is 0.246 e. The second-order valence-corrected chi connectivity index (χ2v) is 7.07. The molecule has 2 amide bonds. The number of rotatable bonds is 3. The van der Waals surface area contributed by atoms with Crippen molar-refractivity contribution in [2.45, 2.75) is 12.8 Å². The van der Waals surface area contributed by atoms with Crippen LogP contribution in [-0.4, -0.2) is 29.8 Å². The molecule has 1 aliphatic rings. The normalized spacial score (nSPS) is 16.3. The molecule has 2 N–H and O–H groups in total. The molecule has 1 fully saturated rings. The molecule has 2 aromatic rings. The van der Waals surface area contributed by atoms with Crippen LogP contribution in [0.4, 0.5) is 0 Å². The fraction of sp³-hybridized carbons (Fsp3) is 0.294. The minimum Gasteiger partial charge on any atom is -0.369 e. The Bertz CT molecular complexity index is 776. The highest BCUT2D eigenvalue weighted by molar-refractivity contribution is 7.20. The molecular weight excluding hydrogens is 332 g/mol. The first-order valence-corrected chi connectivity index (χ1v) is 8.69. The molecule has 1 saturated heterocycles. The molecule has 0 aliphatic carbocycles. The summed E-state index contributed by atoms with van der Waals surface area (Å²) in [4.78, 5) is 26.0. The highest BCUT2D eigenvalue weighted by atomic mass is 35.5. The number of thiophene rings is 1. The molecule has 0 radical (unpaired) electrons. The molecule has 1 aliphatic heterocycles. The SMILES string of the molecule is NC(=O)C1CCN(C(=O)/C=C\c2sc3ccccc3c2Cl)CC1. The summed E-state index contributed by atoms with van der Waals surface area (Å²) in [7, 11) is 0. The van der Waals surface area contributed by atoms with Crippen LogP contribution in [0.25, 0.3) is 16.2 Å². The molecule has 6 heteroatoms. The Labute approximate surface area is 143 Å². The van der Waals surface area contributed by atoms with Gasteiger partial charge in [-0.2, -0.15) is 0 Å². The summed E-state index contributed by atoms with van der Waals surface area (Å²) in [5.41, 5.74) is 5.31. The Kier molecular flexibility index (Phi) is 4.68. The van der Waals surface area contributed by atoms with Gasteiger partial charge in [0.1, 0.15) is 0 Å². The molecule has 0 bridgehead atoms. The number of hydrogen-bond acceptors (Lipinski definition) is 3. The number of benzene rings is 1. The van der Waals surface area contributed by atoms with Gasteiger partial charge in [0.25, 0.3) is 0 Å². The molecule has 4 nitrogen and oxygen atoms in total. The van der Waals surface area contributed by atoms with Crippen molar-refractivity contribution < 1.29 is 9.59 Å². The van der Waals surface area contributed by atoms with Crippen molar-refractivity contribution >= 4 is 50.9 Å². The van der Waals surface area contributed by atoms with Crippen LogP contribution in [0.5, 0.6) is 0 Å². The summed E-state index contributed by atoms with van der Waals surface area (Å²) in [5, 5.41) is 1.69. The standard InChI is InChI=1S/C17H17ClN2O2S/c18-16-12-3-1-2-4-13(12)23-14(16)5-6-15(21)20-9-7-11(8-10-20)17(19)22/h1-6,11H,7-10H2,(H2,19,22)/b6-5-. The second kappa shape index (κ2) is 6.72. The molecule has 0 saturated carbocycles. The number of hydrogen-bond donors (Lipinski definition) is 1. The molecule has 0 unspecified atom stereocenters. The van der Waals surface area contributed by atoms with Gasteiger partial charge in [-0.05, 0) is 25.0 Å². The first-order chi connectivity index (χ1) is 11.1. The van der Waals surface area contributed by atoms with Crippen molar-refractivity contribution in [3.8, 4) is 0 Å². The van der Waals surface area contributed by atoms with Gasteiger partial charge in [0.05, 0.1) is 5.02 Å². The van der Waals surface area contributed by atoms with Gasteiger partial charge in [0, 0.05) is 40.0 Å². The van der Waals surface area contributed by atoms with Crippen molar-refractivity contribution in [3.63, 3.8) is 0 Å². The van der Waals surface area contributed by atoms with Crippen LogP contribution in [0.1, 0.15) is 17.7 Å². The topological polar surface area (TPSA) is 63.4 Å². The fourth-order valence-electron chi connectivity index (χ4n) is 2.78. The van der Waals surface area contributed by atoms with Gasteiger partial charge < -0.3 is 10.6 Å². The van der Waals surface area contributed by atoms with Crippen molar-refractivity contribution in [2.24, 2.45) is 11.7 Å². The Morgan fingerprint density at radius 3 is 2.61 bits per heavy atom. The van der Waals surface area contributed by atoms with Gasteiger partial charge in [0.2, 0.25) is 11.8 Å². The van der Waals surface area contributed by atoms with Crippen LogP contribution in [0, 0.1) is 5.92 Å². The predicted molar refractivity (Wildman–Crippen MR) is 94.4 cm³/mol. The number of piperidine rings is 1. The lowest BCUT2D eigenvalue weighted by molar-refractivity contribution is -0.130. The molecule has 3 rings (SSSR count). The largest absolute Gasteiger partial charge is 0.369 e. The maximum absolute atomic E-state index is 12.3. The summed E-state index contributed by atoms with van der Waals surface area (Å²) in [6, 6.07) is 7.90. The third-order valence-corrected chi connectivity index (χ3v) is 5.80. The van der Waals surface area contributed by atoms with Crippen LogP contribution in [0.2, 0.25) is 5.02 Å². The van der Waals surface area contributed by atoms with E-state index < -0.39 is 0 Å². The van der Waals surface area contributed by atoms with Gasteiger partial charge in [-0.25, -0.2) is 0 Å². The molecule has 1 aromatic heterocycles. The van der Waals surface area contributed by atoms with E-state index in [2.05, 4.69) is 0 Å². The predicted octanol–water partition coefficient (Wildman–Crippen LogP) is 3.29. The van der Waals surface area contributed by atoms with E-state index in [0.717, 1.165) is 15.0 Å². The highest BCUT2D eigenvalue weighted by Gasteiger charge is 2.24. The van der Waals surface area contributed by atoms with Crippen molar-refractivity contribution in [2.75, 3.05) is 13.1 Å². The van der Waals surface area contributed by atoms with E-state index in [1.165, 1.54) is 0 Å². The van der Waals surface area contributed by atoms with E-state index >= 15 is 0 Å². The maximum atomic E-state index is 12.3. The summed E-state index contributed by atoms with van der Waals surface area (Å²) in [5.74, 6) is -0.439.